The number of H-pyrrole nitrogens is 1. The molecule has 0 saturated heterocycles. The van der Waals surface area contributed by atoms with E-state index in [2.05, 4.69) is 11.9 Å². The Morgan fingerprint density at radius 1 is 1.29 bits per heavy atom. The fourth-order valence-electron chi connectivity index (χ4n) is 2.95. The minimum absolute atomic E-state index is 0.595. The van der Waals surface area contributed by atoms with Crippen molar-refractivity contribution in [1.82, 2.24) is 9.97 Å². The summed E-state index contributed by atoms with van der Waals surface area (Å²) in [5, 5.41) is 0. The van der Waals surface area contributed by atoms with Gasteiger partial charge in [0.1, 0.15) is 5.82 Å². The van der Waals surface area contributed by atoms with Crippen LogP contribution in [0.25, 0.3) is 11.0 Å². The molecular weight excluding hydrogens is 210 g/mol. The second-order valence-corrected chi connectivity index (χ2v) is 5.27. The molecule has 3 heteroatoms. The highest BCUT2D eigenvalue weighted by Gasteiger charge is 2.25. The number of nitrogen functional groups attached to an aromatic ring is 1. The first-order chi connectivity index (χ1) is 8.24. The van der Waals surface area contributed by atoms with Crippen molar-refractivity contribution >= 4 is 16.7 Å². The predicted molar refractivity (Wildman–Crippen MR) is 70.9 cm³/mol. The molecule has 0 spiro atoms. The first kappa shape index (κ1) is 10.6. The van der Waals surface area contributed by atoms with Crippen LogP contribution in [0.3, 0.4) is 0 Å². The number of anilines is 1. The first-order valence-electron chi connectivity index (χ1n) is 6.49. The number of hydrogen-bond donors (Lipinski definition) is 2. The molecular formula is C14H19N3. The Morgan fingerprint density at radius 3 is 2.94 bits per heavy atom. The van der Waals surface area contributed by atoms with Crippen LogP contribution in [0.2, 0.25) is 0 Å². The van der Waals surface area contributed by atoms with Gasteiger partial charge in [-0.1, -0.05) is 26.2 Å². The molecule has 2 atom stereocenters. The van der Waals surface area contributed by atoms with Crippen LogP contribution in [-0.4, -0.2) is 9.97 Å². The van der Waals surface area contributed by atoms with E-state index in [1.165, 1.54) is 25.7 Å². The van der Waals surface area contributed by atoms with Crippen LogP contribution in [0, 0.1) is 5.92 Å². The standard InChI is InChI=1S/C14H19N3/c1-9-4-2-3-5-11(9)14-16-12-7-6-10(15)8-13(12)17-14/h6-9,11H,2-5,15H2,1H3,(H,16,17). The van der Waals surface area contributed by atoms with Gasteiger partial charge in [-0.15, -0.1) is 0 Å². The molecule has 1 aliphatic rings. The van der Waals surface area contributed by atoms with E-state index in [1.807, 2.05) is 18.2 Å². The molecule has 3 rings (SSSR count). The van der Waals surface area contributed by atoms with Gasteiger partial charge in [0.15, 0.2) is 0 Å². The largest absolute Gasteiger partial charge is 0.399 e. The van der Waals surface area contributed by atoms with E-state index in [9.17, 15) is 0 Å². The van der Waals surface area contributed by atoms with E-state index in [0.29, 0.717) is 5.92 Å². The summed E-state index contributed by atoms with van der Waals surface area (Å²) in [4.78, 5) is 8.16. The van der Waals surface area contributed by atoms with E-state index >= 15 is 0 Å². The van der Waals surface area contributed by atoms with Gasteiger partial charge in [-0.2, -0.15) is 0 Å². The number of imidazole rings is 1. The lowest BCUT2D eigenvalue weighted by Crippen LogP contribution is -2.15. The predicted octanol–water partition coefficient (Wildman–Crippen LogP) is 3.44. The molecule has 1 heterocycles. The number of benzene rings is 1. The molecule has 1 saturated carbocycles. The van der Waals surface area contributed by atoms with Gasteiger partial charge < -0.3 is 10.7 Å². The summed E-state index contributed by atoms with van der Waals surface area (Å²) in [7, 11) is 0. The van der Waals surface area contributed by atoms with Crippen LogP contribution in [0.4, 0.5) is 5.69 Å². The minimum atomic E-state index is 0.595. The third-order valence-electron chi connectivity index (χ3n) is 3.99. The Balaban J connectivity index is 1.99. The lowest BCUT2D eigenvalue weighted by atomic mass is 9.80. The molecule has 2 aromatic rings. The molecule has 1 aromatic carbocycles. The maximum absolute atomic E-state index is 5.79. The maximum atomic E-state index is 5.79. The van der Waals surface area contributed by atoms with Crippen LogP contribution in [0.5, 0.6) is 0 Å². The zero-order valence-corrected chi connectivity index (χ0v) is 10.2. The Labute approximate surface area is 101 Å². The molecule has 0 bridgehead atoms. The minimum Gasteiger partial charge on any atom is -0.399 e. The second kappa shape index (κ2) is 4.06. The van der Waals surface area contributed by atoms with Crippen molar-refractivity contribution < 1.29 is 0 Å². The van der Waals surface area contributed by atoms with Crippen molar-refractivity contribution in [3.8, 4) is 0 Å². The van der Waals surface area contributed by atoms with Crippen molar-refractivity contribution in [2.45, 2.75) is 38.5 Å². The summed E-state index contributed by atoms with van der Waals surface area (Å²) in [6, 6.07) is 5.88. The summed E-state index contributed by atoms with van der Waals surface area (Å²) < 4.78 is 0. The number of fused-ring (bicyclic) bond motifs is 1. The topological polar surface area (TPSA) is 54.7 Å². The Bertz CT molecular complexity index is 529. The molecule has 3 nitrogen and oxygen atoms in total. The van der Waals surface area contributed by atoms with E-state index in [-0.39, 0.29) is 0 Å². The summed E-state index contributed by atoms with van der Waals surface area (Å²) in [6.07, 6.45) is 5.28. The molecule has 0 aliphatic heterocycles. The Morgan fingerprint density at radius 2 is 2.12 bits per heavy atom. The van der Waals surface area contributed by atoms with Gasteiger partial charge in [0.05, 0.1) is 11.0 Å². The fraction of sp³-hybridized carbons (Fsp3) is 0.500. The average Bonchev–Trinajstić information content (AvgIpc) is 2.72. The first-order valence-corrected chi connectivity index (χ1v) is 6.49. The van der Waals surface area contributed by atoms with E-state index in [1.54, 1.807) is 0 Å². The van der Waals surface area contributed by atoms with Crippen molar-refractivity contribution in [3.63, 3.8) is 0 Å². The highest BCUT2D eigenvalue weighted by Crippen LogP contribution is 2.36. The summed E-state index contributed by atoms with van der Waals surface area (Å²) in [5.74, 6) is 2.48. The van der Waals surface area contributed by atoms with Gasteiger partial charge in [0.25, 0.3) is 0 Å². The zero-order valence-electron chi connectivity index (χ0n) is 10.2. The van der Waals surface area contributed by atoms with E-state index < -0.39 is 0 Å². The van der Waals surface area contributed by atoms with Crippen LogP contribution < -0.4 is 5.73 Å². The van der Waals surface area contributed by atoms with Crippen molar-refractivity contribution in [1.29, 1.82) is 0 Å². The van der Waals surface area contributed by atoms with Crippen LogP contribution in [0.1, 0.15) is 44.3 Å². The summed E-state index contributed by atoms with van der Waals surface area (Å²) >= 11 is 0. The number of rotatable bonds is 1. The van der Waals surface area contributed by atoms with Crippen molar-refractivity contribution in [2.75, 3.05) is 5.73 Å². The van der Waals surface area contributed by atoms with Gasteiger partial charge in [0.2, 0.25) is 0 Å². The fourth-order valence-corrected chi connectivity index (χ4v) is 2.95. The third kappa shape index (κ3) is 1.90. The van der Waals surface area contributed by atoms with Crippen LogP contribution in [-0.2, 0) is 0 Å². The molecule has 0 amide bonds. The number of hydrogen-bond acceptors (Lipinski definition) is 2. The number of aromatic nitrogens is 2. The molecule has 0 radical (unpaired) electrons. The van der Waals surface area contributed by atoms with Gasteiger partial charge in [-0.25, -0.2) is 4.98 Å². The summed E-state index contributed by atoms with van der Waals surface area (Å²) in [6.45, 7) is 2.34. The van der Waals surface area contributed by atoms with Crippen molar-refractivity contribution in [2.24, 2.45) is 5.92 Å². The molecule has 3 N–H and O–H groups in total. The Kier molecular flexibility index (Phi) is 2.54. The van der Waals surface area contributed by atoms with Gasteiger partial charge in [-0.3, -0.25) is 0 Å². The van der Waals surface area contributed by atoms with Crippen molar-refractivity contribution in [3.05, 3.63) is 24.0 Å². The normalized spacial score (nSPS) is 25.2. The zero-order chi connectivity index (χ0) is 11.8. The van der Waals surface area contributed by atoms with Crippen LogP contribution in [0.15, 0.2) is 18.2 Å². The van der Waals surface area contributed by atoms with Crippen LogP contribution >= 0.6 is 0 Å². The number of nitrogens with one attached hydrogen (secondary N) is 1. The maximum Gasteiger partial charge on any atom is 0.110 e. The lowest BCUT2D eigenvalue weighted by molar-refractivity contribution is 0.321. The molecule has 17 heavy (non-hydrogen) atoms. The molecule has 2 unspecified atom stereocenters. The average molecular weight is 229 g/mol. The Hall–Kier alpha value is -1.51. The lowest BCUT2D eigenvalue weighted by Gasteiger charge is -2.26. The number of nitrogens with zero attached hydrogens (tertiary/aromatic N) is 1. The highest BCUT2D eigenvalue weighted by atomic mass is 14.9. The van der Waals surface area contributed by atoms with E-state index in [4.69, 9.17) is 10.7 Å². The highest BCUT2D eigenvalue weighted by molar-refractivity contribution is 5.78. The second-order valence-electron chi connectivity index (χ2n) is 5.27. The number of nitrogens with two attached hydrogens (primary N) is 1. The number of aromatic amines is 1. The summed E-state index contributed by atoms with van der Waals surface area (Å²) in [5.41, 5.74) is 8.69. The molecule has 90 valence electrons. The monoisotopic (exact) mass is 229 g/mol. The SMILES string of the molecule is CC1CCCCC1c1nc2ccc(N)cc2[nH]1. The quantitative estimate of drug-likeness (QED) is 0.736. The van der Waals surface area contributed by atoms with Gasteiger partial charge >= 0.3 is 0 Å². The van der Waals surface area contributed by atoms with E-state index in [0.717, 1.165) is 28.5 Å². The van der Waals surface area contributed by atoms with Gasteiger partial charge in [0, 0.05) is 11.6 Å². The molecule has 1 fully saturated rings. The molecule has 1 aliphatic carbocycles. The molecule has 1 aromatic heterocycles. The smallest absolute Gasteiger partial charge is 0.110 e. The third-order valence-corrected chi connectivity index (χ3v) is 3.99. The van der Waals surface area contributed by atoms with Gasteiger partial charge in [-0.05, 0) is 30.5 Å².